The van der Waals surface area contributed by atoms with Gasteiger partial charge < -0.3 is 14.2 Å². The molecular formula is C51H98O6. The molecule has 0 N–H and O–H groups in total. The van der Waals surface area contributed by atoms with E-state index in [2.05, 4.69) is 20.8 Å². The number of ether oxygens (including phenoxy) is 3. The van der Waals surface area contributed by atoms with Gasteiger partial charge in [0.05, 0.1) is 0 Å². The molecule has 0 rings (SSSR count). The Morgan fingerprint density at radius 3 is 0.702 bits per heavy atom. The van der Waals surface area contributed by atoms with Crippen LogP contribution >= 0.6 is 0 Å². The molecule has 0 aromatic heterocycles. The first-order valence-corrected chi connectivity index (χ1v) is 25.5. The highest BCUT2D eigenvalue weighted by atomic mass is 16.6. The molecule has 6 heteroatoms. The van der Waals surface area contributed by atoms with Crippen LogP contribution < -0.4 is 0 Å². The molecule has 1 unspecified atom stereocenters. The number of carbonyl (C=O) groups excluding carboxylic acids is 3. The fourth-order valence-electron chi connectivity index (χ4n) is 7.74. The third-order valence-corrected chi connectivity index (χ3v) is 11.6. The van der Waals surface area contributed by atoms with Crippen molar-refractivity contribution in [2.45, 2.75) is 297 Å². The topological polar surface area (TPSA) is 78.9 Å². The zero-order valence-corrected chi connectivity index (χ0v) is 38.6. The first-order chi connectivity index (χ1) is 28.0. The summed E-state index contributed by atoms with van der Waals surface area (Å²) >= 11 is 0. The van der Waals surface area contributed by atoms with Crippen molar-refractivity contribution < 1.29 is 28.6 Å². The van der Waals surface area contributed by atoms with Gasteiger partial charge in [-0.05, 0) is 19.3 Å². The molecule has 0 saturated carbocycles. The van der Waals surface area contributed by atoms with Crippen molar-refractivity contribution in [3.63, 3.8) is 0 Å². The van der Waals surface area contributed by atoms with Gasteiger partial charge in [0.2, 0.25) is 0 Å². The Hall–Kier alpha value is -1.59. The standard InChI is InChI=1S/C51H98O6/c1-4-7-10-13-15-17-19-21-23-25-27-29-31-33-35-38-41-44-50(53)56-47-48(46-55-49(52)43-40-37-12-9-6-3)57-51(54)45-42-39-36-34-32-30-28-26-24-22-20-18-16-14-11-8-5-2/h48H,4-47H2,1-3H3. The smallest absolute Gasteiger partial charge is 0.306 e. The Bertz CT molecular complexity index is 844. The molecule has 0 bridgehead atoms. The lowest BCUT2D eigenvalue weighted by molar-refractivity contribution is -0.167. The summed E-state index contributed by atoms with van der Waals surface area (Å²) in [6.07, 6.45) is 49.8. The average molecular weight is 807 g/mol. The SMILES string of the molecule is CCCCCCCCCCCCCCCCCCCC(=O)OCC(COC(=O)CCCCCCC)OC(=O)CCCCCCCCCCCCCCCCCCC. The van der Waals surface area contributed by atoms with Crippen molar-refractivity contribution in [2.24, 2.45) is 0 Å². The average Bonchev–Trinajstić information content (AvgIpc) is 3.21. The number of rotatable bonds is 47. The van der Waals surface area contributed by atoms with Gasteiger partial charge in [0, 0.05) is 19.3 Å². The summed E-state index contributed by atoms with van der Waals surface area (Å²) in [7, 11) is 0. The molecule has 0 heterocycles. The number of hydrogen-bond donors (Lipinski definition) is 0. The van der Waals surface area contributed by atoms with Crippen molar-refractivity contribution in [3.05, 3.63) is 0 Å². The minimum Gasteiger partial charge on any atom is -0.462 e. The Balaban J connectivity index is 4.10. The van der Waals surface area contributed by atoms with E-state index in [1.807, 2.05) is 0 Å². The van der Waals surface area contributed by atoms with E-state index in [0.717, 1.165) is 64.2 Å². The third kappa shape index (κ3) is 45.3. The van der Waals surface area contributed by atoms with Crippen molar-refractivity contribution in [2.75, 3.05) is 13.2 Å². The van der Waals surface area contributed by atoms with Crippen LogP contribution in [0.5, 0.6) is 0 Å². The lowest BCUT2D eigenvalue weighted by Gasteiger charge is -2.18. The lowest BCUT2D eigenvalue weighted by Crippen LogP contribution is -2.30. The zero-order chi connectivity index (χ0) is 41.5. The van der Waals surface area contributed by atoms with Crippen LogP contribution in [0.2, 0.25) is 0 Å². The predicted octanol–water partition coefficient (Wildman–Crippen LogP) is 16.4. The van der Waals surface area contributed by atoms with Crippen molar-refractivity contribution in [1.29, 1.82) is 0 Å². The van der Waals surface area contributed by atoms with E-state index in [9.17, 15) is 14.4 Å². The molecular weight excluding hydrogens is 709 g/mol. The second-order valence-electron chi connectivity index (χ2n) is 17.5. The second kappa shape index (κ2) is 47.1. The molecule has 0 amide bonds. The molecule has 0 aliphatic carbocycles. The minimum absolute atomic E-state index is 0.0631. The molecule has 0 aliphatic rings. The summed E-state index contributed by atoms with van der Waals surface area (Å²) < 4.78 is 16.7. The van der Waals surface area contributed by atoms with Crippen LogP contribution in [0.25, 0.3) is 0 Å². The molecule has 1 atom stereocenters. The largest absolute Gasteiger partial charge is 0.462 e. The lowest BCUT2D eigenvalue weighted by atomic mass is 10.0. The van der Waals surface area contributed by atoms with E-state index < -0.39 is 6.10 Å². The van der Waals surface area contributed by atoms with Gasteiger partial charge in [-0.3, -0.25) is 14.4 Å². The first kappa shape index (κ1) is 55.4. The minimum atomic E-state index is -0.758. The highest BCUT2D eigenvalue weighted by Crippen LogP contribution is 2.17. The number of esters is 3. The van der Waals surface area contributed by atoms with E-state index in [4.69, 9.17) is 14.2 Å². The molecule has 0 aromatic carbocycles. The molecule has 6 nitrogen and oxygen atoms in total. The molecule has 0 radical (unpaired) electrons. The van der Waals surface area contributed by atoms with E-state index in [0.29, 0.717) is 19.3 Å². The maximum atomic E-state index is 12.7. The third-order valence-electron chi connectivity index (χ3n) is 11.6. The normalized spacial score (nSPS) is 11.8. The summed E-state index contributed by atoms with van der Waals surface area (Å²) in [5.74, 6) is -0.858. The number of hydrogen-bond acceptors (Lipinski definition) is 6. The molecule has 0 fully saturated rings. The Kier molecular flexibility index (Phi) is 45.8. The van der Waals surface area contributed by atoms with Gasteiger partial charge in [-0.25, -0.2) is 0 Å². The monoisotopic (exact) mass is 807 g/mol. The van der Waals surface area contributed by atoms with E-state index in [1.54, 1.807) is 0 Å². The Morgan fingerprint density at radius 2 is 0.474 bits per heavy atom. The number of carbonyl (C=O) groups is 3. The maximum absolute atomic E-state index is 12.7. The molecule has 0 spiro atoms. The zero-order valence-electron chi connectivity index (χ0n) is 38.6. The van der Waals surface area contributed by atoms with Crippen molar-refractivity contribution in [1.82, 2.24) is 0 Å². The molecule has 0 aromatic rings. The molecule has 0 aliphatic heterocycles. The second-order valence-corrected chi connectivity index (χ2v) is 17.5. The van der Waals surface area contributed by atoms with Crippen LogP contribution in [-0.4, -0.2) is 37.2 Å². The summed E-state index contributed by atoms with van der Waals surface area (Å²) in [4.78, 5) is 37.6. The summed E-state index contributed by atoms with van der Waals surface area (Å²) in [5, 5.41) is 0. The van der Waals surface area contributed by atoms with E-state index in [1.165, 1.54) is 186 Å². The molecule has 57 heavy (non-hydrogen) atoms. The molecule has 0 saturated heterocycles. The van der Waals surface area contributed by atoms with Gasteiger partial charge in [0.25, 0.3) is 0 Å². The predicted molar refractivity (Wildman–Crippen MR) is 243 cm³/mol. The van der Waals surface area contributed by atoms with Crippen molar-refractivity contribution in [3.8, 4) is 0 Å². The fourth-order valence-corrected chi connectivity index (χ4v) is 7.74. The highest BCUT2D eigenvalue weighted by Gasteiger charge is 2.19. The van der Waals surface area contributed by atoms with E-state index in [-0.39, 0.29) is 31.1 Å². The van der Waals surface area contributed by atoms with Gasteiger partial charge in [-0.1, -0.05) is 252 Å². The maximum Gasteiger partial charge on any atom is 0.306 e. The first-order valence-electron chi connectivity index (χ1n) is 25.5. The van der Waals surface area contributed by atoms with Gasteiger partial charge >= 0.3 is 17.9 Å². The summed E-state index contributed by atoms with van der Waals surface area (Å²) in [6.45, 7) is 6.60. The van der Waals surface area contributed by atoms with Crippen LogP contribution in [0.15, 0.2) is 0 Å². The van der Waals surface area contributed by atoms with Crippen LogP contribution in [0.4, 0.5) is 0 Å². The number of unbranched alkanes of at least 4 members (excludes halogenated alkanes) is 36. The van der Waals surface area contributed by atoms with Crippen LogP contribution in [0.1, 0.15) is 290 Å². The van der Waals surface area contributed by atoms with Gasteiger partial charge in [-0.2, -0.15) is 0 Å². The Morgan fingerprint density at radius 1 is 0.281 bits per heavy atom. The Labute approximate surface area is 355 Å². The highest BCUT2D eigenvalue weighted by molar-refractivity contribution is 5.71. The van der Waals surface area contributed by atoms with Gasteiger partial charge in [0.1, 0.15) is 13.2 Å². The van der Waals surface area contributed by atoms with Gasteiger partial charge in [-0.15, -0.1) is 0 Å². The van der Waals surface area contributed by atoms with Gasteiger partial charge in [0.15, 0.2) is 6.10 Å². The van der Waals surface area contributed by atoms with Crippen LogP contribution in [0.3, 0.4) is 0 Å². The van der Waals surface area contributed by atoms with Crippen LogP contribution in [0, 0.1) is 0 Å². The van der Waals surface area contributed by atoms with E-state index >= 15 is 0 Å². The molecule has 338 valence electrons. The fraction of sp³-hybridized carbons (Fsp3) is 0.941. The van der Waals surface area contributed by atoms with Crippen molar-refractivity contribution >= 4 is 17.9 Å². The van der Waals surface area contributed by atoms with Crippen LogP contribution in [-0.2, 0) is 28.6 Å². The quantitative estimate of drug-likeness (QED) is 0.0346. The summed E-state index contributed by atoms with van der Waals surface area (Å²) in [5.41, 5.74) is 0. The summed E-state index contributed by atoms with van der Waals surface area (Å²) in [6, 6.07) is 0.